The molecule has 0 aliphatic carbocycles. The Balaban J connectivity index is 4.44. The average Bonchev–Trinajstić information content (AvgIpc) is 2.30. The second kappa shape index (κ2) is 8.91. The lowest BCUT2D eigenvalue weighted by molar-refractivity contribution is -0.146. The number of nitrogens with one attached hydrogen (secondary N) is 1. The molecular weight excluding hydrogens is 252 g/mol. The van der Waals surface area contributed by atoms with Crippen LogP contribution in [0.2, 0.25) is 0 Å². The summed E-state index contributed by atoms with van der Waals surface area (Å²) in [7, 11) is 0. The quantitative estimate of drug-likeness (QED) is 0.660. The molecule has 0 aromatic carbocycles. The molecule has 0 fully saturated rings. The van der Waals surface area contributed by atoms with Crippen LogP contribution in [0, 0.1) is 17.2 Å². The molecule has 0 saturated carbocycles. The first kappa shape index (κ1) is 16.9. The lowest BCUT2D eigenvalue weighted by Crippen LogP contribution is -2.35. The van der Waals surface area contributed by atoms with E-state index in [0.29, 0.717) is 0 Å². The van der Waals surface area contributed by atoms with Crippen LogP contribution >= 0.6 is 0 Å². The lowest BCUT2D eigenvalue weighted by atomic mass is 10.0. The highest BCUT2D eigenvalue weighted by Crippen LogP contribution is 2.09. The van der Waals surface area contributed by atoms with Gasteiger partial charge in [0.1, 0.15) is 6.04 Å². The van der Waals surface area contributed by atoms with Gasteiger partial charge in [0.15, 0.2) is 0 Å². The van der Waals surface area contributed by atoms with E-state index in [0.717, 1.165) is 0 Å². The standard InChI is InChI=1S/C12H18N2O5/c1-8(15)14-12(5-13)4-11(6-18-9(2)16)7-19-10(3)17/h11-12H,4,6-7H2,1-3H3,(H,14,15). The molecule has 1 N–H and O–H groups in total. The van der Waals surface area contributed by atoms with E-state index in [-0.39, 0.29) is 31.5 Å². The maximum absolute atomic E-state index is 10.9. The molecule has 0 aromatic heterocycles. The summed E-state index contributed by atoms with van der Waals surface area (Å²) < 4.78 is 9.67. The second-order valence-corrected chi connectivity index (χ2v) is 4.09. The Hall–Kier alpha value is -2.10. The van der Waals surface area contributed by atoms with Crippen LogP contribution < -0.4 is 5.32 Å². The number of carbonyl (C=O) groups is 3. The van der Waals surface area contributed by atoms with E-state index < -0.39 is 18.0 Å². The molecule has 0 aliphatic heterocycles. The molecule has 19 heavy (non-hydrogen) atoms. The van der Waals surface area contributed by atoms with Gasteiger partial charge in [-0.05, 0) is 6.42 Å². The topological polar surface area (TPSA) is 105 Å². The predicted octanol–water partition coefficient (Wildman–Crippen LogP) is 0.147. The summed E-state index contributed by atoms with van der Waals surface area (Å²) in [5, 5.41) is 11.4. The molecule has 0 aromatic rings. The number of hydrogen-bond acceptors (Lipinski definition) is 6. The van der Waals surface area contributed by atoms with Crippen LogP contribution in [-0.4, -0.2) is 37.1 Å². The van der Waals surface area contributed by atoms with Crippen molar-refractivity contribution >= 4 is 17.8 Å². The fourth-order valence-corrected chi connectivity index (χ4v) is 1.38. The van der Waals surface area contributed by atoms with Crippen LogP contribution in [0.1, 0.15) is 27.2 Å². The molecule has 0 bridgehead atoms. The summed E-state index contributed by atoms with van der Waals surface area (Å²) >= 11 is 0. The fourth-order valence-electron chi connectivity index (χ4n) is 1.38. The van der Waals surface area contributed by atoms with Gasteiger partial charge in [0, 0.05) is 26.7 Å². The molecule has 0 heterocycles. The van der Waals surface area contributed by atoms with Gasteiger partial charge in [0.05, 0.1) is 19.3 Å². The Morgan fingerprint density at radius 1 is 1.11 bits per heavy atom. The fraction of sp³-hybridized carbons (Fsp3) is 0.667. The summed E-state index contributed by atoms with van der Waals surface area (Å²) in [5.74, 6) is -1.59. The van der Waals surface area contributed by atoms with Crippen molar-refractivity contribution in [1.29, 1.82) is 5.26 Å². The van der Waals surface area contributed by atoms with Gasteiger partial charge in [-0.3, -0.25) is 14.4 Å². The third kappa shape index (κ3) is 9.59. The second-order valence-electron chi connectivity index (χ2n) is 4.09. The SMILES string of the molecule is CC(=O)NC(C#N)CC(COC(C)=O)COC(C)=O. The summed E-state index contributed by atoms with van der Waals surface area (Å²) in [4.78, 5) is 32.4. The van der Waals surface area contributed by atoms with E-state index in [1.807, 2.05) is 6.07 Å². The minimum Gasteiger partial charge on any atom is -0.465 e. The van der Waals surface area contributed by atoms with Gasteiger partial charge < -0.3 is 14.8 Å². The van der Waals surface area contributed by atoms with E-state index >= 15 is 0 Å². The summed E-state index contributed by atoms with van der Waals surface area (Å²) in [6.45, 7) is 3.88. The largest absolute Gasteiger partial charge is 0.465 e. The van der Waals surface area contributed by atoms with Gasteiger partial charge in [0.2, 0.25) is 5.91 Å². The first-order chi connectivity index (χ1) is 8.85. The third-order valence-electron chi connectivity index (χ3n) is 2.15. The Kier molecular flexibility index (Phi) is 7.93. The van der Waals surface area contributed by atoms with E-state index in [9.17, 15) is 14.4 Å². The number of carbonyl (C=O) groups excluding carboxylic acids is 3. The first-order valence-electron chi connectivity index (χ1n) is 5.78. The molecular formula is C12H18N2O5. The molecule has 7 heteroatoms. The highest BCUT2D eigenvalue weighted by molar-refractivity contribution is 5.73. The predicted molar refractivity (Wildman–Crippen MR) is 64.6 cm³/mol. The molecule has 0 rings (SSSR count). The average molecular weight is 270 g/mol. The van der Waals surface area contributed by atoms with Crippen LogP contribution in [0.5, 0.6) is 0 Å². The number of amides is 1. The van der Waals surface area contributed by atoms with E-state index in [1.54, 1.807) is 0 Å². The highest BCUT2D eigenvalue weighted by Gasteiger charge is 2.19. The number of hydrogen-bond donors (Lipinski definition) is 1. The Morgan fingerprint density at radius 3 is 1.89 bits per heavy atom. The van der Waals surface area contributed by atoms with Crippen molar-refractivity contribution in [2.45, 2.75) is 33.2 Å². The van der Waals surface area contributed by atoms with Crippen molar-refractivity contribution < 1.29 is 23.9 Å². The number of nitriles is 1. The minimum atomic E-state index is -0.714. The van der Waals surface area contributed by atoms with Crippen LogP contribution in [0.4, 0.5) is 0 Å². The smallest absolute Gasteiger partial charge is 0.302 e. The third-order valence-corrected chi connectivity index (χ3v) is 2.15. The number of rotatable bonds is 7. The van der Waals surface area contributed by atoms with Gasteiger partial charge >= 0.3 is 11.9 Å². The molecule has 7 nitrogen and oxygen atoms in total. The number of ether oxygens (including phenoxy) is 2. The first-order valence-corrected chi connectivity index (χ1v) is 5.78. The zero-order valence-electron chi connectivity index (χ0n) is 11.3. The van der Waals surface area contributed by atoms with Crippen LogP contribution in [0.25, 0.3) is 0 Å². The van der Waals surface area contributed by atoms with Gasteiger partial charge in [0.25, 0.3) is 0 Å². The van der Waals surface area contributed by atoms with E-state index in [1.165, 1.54) is 20.8 Å². The van der Waals surface area contributed by atoms with E-state index in [2.05, 4.69) is 5.32 Å². The van der Waals surface area contributed by atoms with Crippen molar-refractivity contribution in [2.24, 2.45) is 5.92 Å². The van der Waals surface area contributed by atoms with Crippen molar-refractivity contribution in [3.05, 3.63) is 0 Å². The van der Waals surface area contributed by atoms with Gasteiger partial charge in [-0.2, -0.15) is 5.26 Å². The Labute approximate surface area is 111 Å². The lowest BCUT2D eigenvalue weighted by Gasteiger charge is -2.19. The molecule has 0 spiro atoms. The Bertz CT molecular complexity index is 357. The van der Waals surface area contributed by atoms with Crippen molar-refractivity contribution in [2.75, 3.05) is 13.2 Å². The molecule has 0 radical (unpaired) electrons. The van der Waals surface area contributed by atoms with Gasteiger partial charge in [-0.1, -0.05) is 0 Å². The van der Waals surface area contributed by atoms with Crippen LogP contribution in [-0.2, 0) is 23.9 Å². The van der Waals surface area contributed by atoms with E-state index in [4.69, 9.17) is 14.7 Å². The number of esters is 2. The van der Waals surface area contributed by atoms with Crippen molar-refractivity contribution in [1.82, 2.24) is 5.32 Å². The summed E-state index contributed by atoms with van der Waals surface area (Å²) in [6.07, 6.45) is 0.233. The Morgan fingerprint density at radius 2 is 1.58 bits per heavy atom. The maximum Gasteiger partial charge on any atom is 0.302 e. The van der Waals surface area contributed by atoms with Crippen molar-refractivity contribution in [3.63, 3.8) is 0 Å². The zero-order chi connectivity index (χ0) is 14.8. The molecule has 0 aliphatic rings. The van der Waals surface area contributed by atoms with Crippen molar-refractivity contribution in [3.8, 4) is 6.07 Å². The van der Waals surface area contributed by atoms with Gasteiger partial charge in [-0.15, -0.1) is 0 Å². The molecule has 1 atom stereocenters. The zero-order valence-corrected chi connectivity index (χ0v) is 11.3. The summed E-state index contributed by atoms with van der Waals surface area (Å²) in [6, 6.07) is 1.21. The highest BCUT2D eigenvalue weighted by atomic mass is 16.5. The van der Waals surface area contributed by atoms with Crippen LogP contribution in [0.15, 0.2) is 0 Å². The van der Waals surface area contributed by atoms with Crippen LogP contribution in [0.3, 0.4) is 0 Å². The number of nitrogens with zero attached hydrogens (tertiary/aromatic N) is 1. The normalized spacial score (nSPS) is 11.3. The maximum atomic E-state index is 10.9. The molecule has 0 saturated heterocycles. The minimum absolute atomic E-state index is 0.0282. The molecule has 1 amide bonds. The monoisotopic (exact) mass is 270 g/mol. The van der Waals surface area contributed by atoms with Gasteiger partial charge in [-0.25, -0.2) is 0 Å². The summed E-state index contributed by atoms with van der Waals surface area (Å²) in [5.41, 5.74) is 0. The molecule has 106 valence electrons. The molecule has 1 unspecified atom stereocenters.